The van der Waals surface area contributed by atoms with Crippen LogP contribution in [0.25, 0.3) is 10.2 Å². The minimum atomic E-state index is -0.240. The van der Waals surface area contributed by atoms with E-state index in [1.54, 1.807) is 12.1 Å². The number of nitrogens with zero attached hydrogens (tertiary/aromatic N) is 1. The van der Waals surface area contributed by atoms with Gasteiger partial charge in [0.15, 0.2) is 10.2 Å². The van der Waals surface area contributed by atoms with Gasteiger partial charge >= 0.3 is 0 Å². The van der Waals surface area contributed by atoms with Crippen molar-refractivity contribution in [3.8, 4) is 0 Å². The molecule has 2 N–H and O–H groups in total. The molecule has 0 unspecified atom stereocenters. The summed E-state index contributed by atoms with van der Waals surface area (Å²) >= 11 is 6.71. The van der Waals surface area contributed by atoms with E-state index in [4.69, 9.17) is 12.2 Å². The van der Waals surface area contributed by atoms with E-state index < -0.39 is 0 Å². The number of aromatic nitrogens is 1. The largest absolute Gasteiger partial charge is 0.308 e. The van der Waals surface area contributed by atoms with Gasteiger partial charge in [-0.1, -0.05) is 35.6 Å². The van der Waals surface area contributed by atoms with Crippen LogP contribution in [0.2, 0.25) is 0 Å². The zero-order chi connectivity index (χ0) is 16.4. The number of thiocarbonyl (C=S) groups is 1. The molecule has 3 rings (SSSR count). The molecule has 0 aliphatic heterocycles. The molecule has 0 saturated carbocycles. The maximum Gasteiger partial charge on any atom is 0.257 e. The lowest BCUT2D eigenvalue weighted by atomic mass is 10.1. The molecule has 1 heterocycles. The Bertz CT molecular complexity index is 887. The monoisotopic (exact) mass is 341 g/mol. The molecular weight excluding hydrogens is 326 g/mol. The van der Waals surface area contributed by atoms with Gasteiger partial charge < -0.3 is 5.32 Å². The Balaban J connectivity index is 1.73. The Morgan fingerprint density at radius 2 is 1.91 bits per heavy atom. The summed E-state index contributed by atoms with van der Waals surface area (Å²) in [6, 6.07) is 13.1. The molecule has 1 aromatic heterocycles. The van der Waals surface area contributed by atoms with Crippen LogP contribution in [0.15, 0.2) is 42.5 Å². The van der Waals surface area contributed by atoms with Gasteiger partial charge in [-0.25, -0.2) is 4.98 Å². The summed E-state index contributed by atoms with van der Waals surface area (Å²) in [5.41, 5.74) is 3.85. The van der Waals surface area contributed by atoms with Gasteiger partial charge in [-0.15, -0.1) is 0 Å². The molecule has 6 heteroatoms. The van der Waals surface area contributed by atoms with Gasteiger partial charge in [-0.05, 0) is 55.4 Å². The molecule has 2 aromatic carbocycles. The first-order valence-electron chi connectivity index (χ1n) is 7.08. The third kappa shape index (κ3) is 3.55. The summed E-state index contributed by atoms with van der Waals surface area (Å²) in [5.74, 6) is -0.240. The summed E-state index contributed by atoms with van der Waals surface area (Å²) < 4.78 is 1.10. The normalized spacial score (nSPS) is 10.5. The molecular formula is C17H15N3OS2. The fourth-order valence-corrected chi connectivity index (χ4v) is 3.62. The quantitative estimate of drug-likeness (QED) is 0.691. The molecule has 0 spiro atoms. The number of thiazole rings is 1. The number of fused-ring (bicyclic) bond motifs is 1. The molecule has 116 valence electrons. The van der Waals surface area contributed by atoms with Crippen molar-refractivity contribution in [2.24, 2.45) is 0 Å². The number of rotatable bonds is 2. The molecule has 0 aliphatic rings. The number of hydrogen-bond acceptors (Lipinski definition) is 4. The molecule has 23 heavy (non-hydrogen) atoms. The molecule has 0 bridgehead atoms. The van der Waals surface area contributed by atoms with Crippen molar-refractivity contribution in [2.75, 3.05) is 5.32 Å². The summed E-state index contributed by atoms with van der Waals surface area (Å²) in [6.45, 7) is 4.10. The number of anilines is 1. The SMILES string of the molecule is Cc1cc(C)c2nc(NC(=S)NC(=O)c3ccccc3)sc2c1. The van der Waals surface area contributed by atoms with Gasteiger partial charge in [-0.2, -0.15) is 0 Å². The zero-order valence-electron chi connectivity index (χ0n) is 12.7. The van der Waals surface area contributed by atoms with Gasteiger partial charge in [0.2, 0.25) is 0 Å². The average Bonchev–Trinajstić information content (AvgIpc) is 2.90. The second-order valence-electron chi connectivity index (χ2n) is 5.22. The third-order valence-electron chi connectivity index (χ3n) is 3.31. The summed E-state index contributed by atoms with van der Waals surface area (Å²) in [7, 11) is 0. The van der Waals surface area contributed by atoms with Crippen LogP contribution < -0.4 is 10.6 Å². The first-order valence-corrected chi connectivity index (χ1v) is 8.30. The van der Waals surface area contributed by atoms with E-state index >= 15 is 0 Å². The fraction of sp³-hybridized carbons (Fsp3) is 0.118. The van der Waals surface area contributed by atoms with Crippen LogP contribution in [0.5, 0.6) is 0 Å². The van der Waals surface area contributed by atoms with Crippen molar-refractivity contribution in [3.63, 3.8) is 0 Å². The number of carbonyl (C=O) groups is 1. The van der Waals surface area contributed by atoms with E-state index in [9.17, 15) is 4.79 Å². The van der Waals surface area contributed by atoms with E-state index in [0.29, 0.717) is 10.7 Å². The highest BCUT2D eigenvalue weighted by Gasteiger charge is 2.11. The molecule has 4 nitrogen and oxygen atoms in total. The van der Waals surface area contributed by atoms with Crippen molar-refractivity contribution in [1.82, 2.24) is 10.3 Å². The number of carbonyl (C=O) groups excluding carboxylic acids is 1. The van der Waals surface area contributed by atoms with Crippen LogP contribution >= 0.6 is 23.6 Å². The fourth-order valence-electron chi connectivity index (χ4n) is 2.32. The molecule has 3 aromatic rings. The lowest BCUT2D eigenvalue weighted by Crippen LogP contribution is -2.34. The Labute approximate surface area is 143 Å². The Kier molecular flexibility index (Phi) is 4.36. The van der Waals surface area contributed by atoms with Crippen molar-refractivity contribution in [1.29, 1.82) is 0 Å². The summed E-state index contributed by atoms with van der Waals surface area (Å²) in [6.07, 6.45) is 0. The molecule has 0 saturated heterocycles. The molecule has 0 aliphatic carbocycles. The minimum Gasteiger partial charge on any atom is -0.308 e. The summed E-state index contributed by atoms with van der Waals surface area (Å²) in [4.78, 5) is 16.6. The predicted octanol–water partition coefficient (Wildman–Crippen LogP) is 4.04. The second kappa shape index (κ2) is 6.44. The van der Waals surface area contributed by atoms with Gasteiger partial charge in [0.05, 0.1) is 10.2 Å². The zero-order valence-corrected chi connectivity index (χ0v) is 14.3. The van der Waals surface area contributed by atoms with Gasteiger partial charge in [0.25, 0.3) is 5.91 Å². The highest BCUT2D eigenvalue weighted by Crippen LogP contribution is 2.29. The maximum atomic E-state index is 12.1. The smallest absolute Gasteiger partial charge is 0.257 e. The van der Waals surface area contributed by atoms with Crippen molar-refractivity contribution in [3.05, 3.63) is 59.2 Å². The first kappa shape index (κ1) is 15.6. The molecule has 1 amide bonds. The minimum absolute atomic E-state index is 0.240. The predicted molar refractivity (Wildman–Crippen MR) is 99.2 cm³/mol. The molecule has 0 atom stereocenters. The van der Waals surface area contributed by atoms with E-state index in [-0.39, 0.29) is 11.0 Å². The van der Waals surface area contributed by atoms with E-state index in [2.05, 4.69) is 34.7 Å². The second-order valence-corrected chi connectivity index (χ2v) is 6.66. The van der Waals surface area contributed by atoms with Crippen molar-refractivity contribution >= 4 is 49.9 Å². The topological polar surface area (TPSA) is 54.0 Å². The standard InChI is InChI=1S/C17H15N3OS2/c1-10-8-11(2)14-13(9-10)23-17(18-14)20-16(22)19-15(21)12-6-4-3-5-7-12/h3-9H,1-2H3,(H2,18,19,20,21,22). The third-order valence-corrected chi connectivity index (χ3v) is 4.44. The van der Waals surface area contributed by atoms with Gasteiger partial charge in [0.1, 0.15) is 0 Å². The van der Waals surface area contributed by atoms with Crippen molar-refractivity contribution in [2.45, 2.75) is 13.8 Å². The van der Waals surface area contributed by atoms with Crippen LogP contribution in [-0.4, -0.2) is 16.0 Å². The Morgan fingerprint density at radius 1 is 1.17 bits per heavy atom. The van der Waals surface area contributed by atoms with Crippen LogP contribution in [0, 0.1) is 13.8 Å². The number of benzene rings is 2. The van der Waals surface area contributed by atoms with Crippen LogP contribution in [-0.2, 0) is 0 Å². The maximum absolute atomic E-state index is 12.1. The van der Waals surface area contributed by atoms with E-state index in [1.807, 2.05) is 25.1 Å². The number of hydrogen-bond donors (Lipinski definition) is 2. The number of amides is 1. The van der Waals surface area contributed by atoms with E-state index in [0.717, 1.165) is 15.8 Å². The lowest BCUT2D eigenvalue weighted by Gasteiger charge is -2.06. The van der Waals surface area contributed by atoms with Crippen LogP contribution in [0.3, 0.4) is 0 Å². The van der Waals surface area contributed by atoms with Crippen LogP contribution in [0.1, 0.15) is 21.5 Å². The van der Waals surface area contributed by atoms with E-state index in [1.165, 1.54) is 16.9 Å². The Hall–Kier alpha value is -2.31. The highest BCUT2D eigenvalue weighted by atomic mass is 32.1. The van der Waals surface area contributed by atoms with Crippen LogP contribution in [0.4, 0.5) is 5.13 Å². The Morgan fingerprint density at radius 3 is 2.65 bits per heavy atom. The van der Waals surface area contributed by atoms with Gasteiger partial charge in [0, 0.05) is 5.56 Å². The first-order chi connectivity index (χ1) is 11.0. The highest BCUT2D eigenvalue weighted by molar-refractivity contribution is 7.80. The molecule has 0 fully saturated rings. The molecule has 0 radical (unpaired) electrons. The summed E-state index contributed by atoms with van der Waals surface area (Å²) in [5, 5.41) is 6.56. The van der Waals surface area contributed by atoms with Gasteiger partial charge in [-0.3, -0.25) is 10.1 Å². The lowest BCUT2D eigenvalue weighted by molar-refractivity contribution is 0.0978. The number of nitrogens with one attached hydrogen (secondary N) is 2. The average molecular weight is 341 g/mol. The van der Waals surface area contributed by atoms with Crippen molar-refractivity contribution < 1.29 is 4.79 Å². The number of aryl methyl sites for hydroxylation is 2.